The van der Waals surface area contributed by atoms with Gasteiger partial charge in [-0.2, -0.15) is 0 Å². The van der Waals surface area contributed by atoms with E-state index in [0.29, 0.717) is 24.7 Å². The van der Waals surface area contributed by atoms with Gasteiger partial charge in [-0.1, -0.05) is 0 Å². The van der Waals surface area contributed by atoms with E-state index < -0.39 is 0 Å². The Labute approximate surface area is 66.1 Å². The van der Waals surface area contributed by atoms with Crippen LogP contribution in [0.5, 0.6) is 0 Å². The first-order chi connectivity index (χ1) is 2.00. The topological polar surface area (TPSA) is 34.1 Å². The second-order valence-corrected chi connectivity index (χ2v) is 0. The molecule has 0 spiro atoms. The molecule has 0 aliphatic heterocycles. The van der Waals surface area contributed by atoms with Crippen LogP contribution >= 0.6 is 0 Å². The zero-order valence-corrected chi connectivity index (χ0v) is 7.48. The van der Waals surface area contributed by atoms with E-state index in [1.54, 1.807) is 0 Å². The van der Waals surface area contributed by atoms with Crippen molar-refractivity contribution in [2.24, 2.45) is 0 Å². The Hall–Kier alpha value is 1.83. The molecule has 0 unspecified atom stereocenters. The monoisotopic (exact) mass is 264 g/mol. The van der Waals surface area contributed by atoms with Crippen LogP contribution in [0, 0.1) is 38.9 Å². The summed E-state index contributed by atoms with van der Waals surface area (Å²) >= 11 is 0.356. The second-order valence-electron chi connectivity index (χ2n) is 0. The molecule has 0 aromatic carbocycles. The molecule has 4 heteroatoms. The van der Waals surface area contributed by atoms with E-state index in [2.05, 4.69) is 0 Å². The predicted octanol–water partition coefficient (Wildman–Crippen LogP) is -0.240. The number of rotatable bonds is 0. The third-order valence-corrected chi connectivity index (χ3v) is 0. The van der Waals surface area contributed by atoms with E-state index in [4.69, 9.17) is 3.86 Å². The summed E-state index contributed by atoms with van der Waals surface area (Å²) in [6.45, 7) is 0. The molecular formula is NdO2Zr. The van der Waals surface area contributed by atoms with Crippen LogP contribution in [0.15, 0.2) is 0 Å². The SMILES string of the molecule is [O]=[Nd].[O]=[Zr]. The van der Waals surface area contributed by atoms with Crippen LogP contribution in [-0.2, 0) is 28.6 Å². The number of hydrogen-bond acceptors (Lipinski definition) is 2. The molecule has 0 aromatic heterocycles. The first kappa shape index (κ1) is 9.27. The van der Waals surface area contributed by atoms with Crippen LogP contribution < -0.4 is 0 Å². The molecule has 0 saturated carbocycles. The van der Waals surface area contributed by atoms with Crippen LogP contribution in [0.25, 0.3) is 0 Å². The Morgan fingerprint density at radius 3 is 1.25 bits per heavy atom. The van der Waals surface area contributed by atoms with Gasteiger partial charge in [0.05, 0.1) is 0 Å². The summed E-state index contributed by atoms with van der Waals surface area (Å²) in [4.78, 5) is 0. The van der Waals surface area contributed by atoms with Gasteiger partial charge in [0.25, 0.3) is 0 Å². The van der Waals surface area contributed by atoms with Crippen molar-refractivity contribution in [1.82, 2.24) is 0 Å². The van der Waals surface area contributed by atoms with Crippen molar-refractivity contribution in [2.45, 2.75) is 0 Å². The average Bonchev–Trinajstić information content (AvgIpc) is 1.50. The minimum absolute atomic E-state index is 0.0556. The molecule has 0 aliphatic rings. The molecule has 0 bridgehead atoms. The van der Waals surface area contributed by atoms with E-state index in [1.807, 2.05) is 0 Å². The first-order valence-corrected chi connectivity index (χ1v) is 2.72. The first-order valence-electron chi connectivity index (χ1n) is 0.408. The molecule has 4 heavy (non-hydrogen) atoms. The third-order valence-electron chi connectivity index (χ3n) is 0. The van der Waals surface area contributed by atoms with Gasteiger partial charge in [-0.25, -0.2) is 0 Å². The zero-order valence-electron chi connectivity index (χ0n) is 1.82. The molecule has 0 rings (SSSR count). The Morgan fingerprint density at radius 2 is 1.25 bits per heavy atom. The zero-order chi connectivity index (χ0) is 4.00. The standard InChI is InChI=1S/Nd.2O.Zr. The fourth-order valence-corrected chi connectivity index (χ4v) is 0. The van der Waals surface area contributed by atoms with Crippen molar-refractivity contribution in [1.29, 1.82) is 0 Å². The molecule has 0 radical (unpaired) electrons. The van der Waals surface area contributed by atoms with Crippen LogP contribution in [0.1, 0.15) is 0 Å². The molecule has 0 saturated heterocycles. The van der Waals surface area contributed by atoms with Gasteiger partial charge in [-0.15, -0.1) is 0 Å². The molecule has 0 amide bonds. The molecule has 0 atom stereocenters. The van der Waals surface area contributed by atoms with Crippen molar-refractivity contribution in [2.75, 3.05) is 0 Å². The van der Waals surface area contributed by atoms with Gasteiger partial charge in [-0.05, 0) is 0 Å². The van der Waals surface area contributed by atoms with Crippen molar-refractivity contribution < 1.29 is 67.5 Å². The predicted molar refractivity (Wildman–Crippen MR) is 1.37 cm³/mol. The van der Waals surface area contributed by atoms with E-state index in [0.717, 1.165) is 0 Å². The van der Waals surface area contributed by atoms with Crippen LogP contribution in [0.4, 0.5) is 0 Å². The number of hydrogen-bond donors (Lipinski definition) is 0. The van der Waals surface area contributed by atoms with Gasteiger partial charge < -0.3 is 0 Å². The van der Waals surface area contributed by atoms with E-state index >= 15 is 0 Å². The normalized spacial score (nSPS) is 1.50. The summed E-state index contributed by atoms with van der Waals surface area (Å²) in [5.74, 6) is 0. The Balaban J connectivity index is 0. The minimum atomic E-state index is 0.0556. The summed E-state index contributed by atoms with van der Waals surface area (Å²) in [5.41, 5.74) is 0. The molecular weight excluding hydrogens is 267 g/mol. The molecule has 0 aromatic rings. The maximum atomic E-state index is 8.39. The van der Waals surface area contributed by atoms with Crippen LogP contribution in [0.3, 0.4) is 0 Å². The average molecular weight is 267 g/mol. The summed E-state index contributed by atoms with van der Waals surface area (Å²) < 4.78 is 16.7. The van der Waals surface area contributed by atoms with Crippen LogP contribution in [0.2, 0.25) is 0 Å². The van der Waals surface area contributed by atoms with Gasteiger partial charge >= 0.3 is 67.5 Å². The van der Waals surface area contributed by atoms with Crippen LogP contribution in [-0.4, -0.2) is 0 Å². The van der Waals surface area contributed by atoms with Crippen molar-refractivity contribution in [3.63, 3.8) is 0 Å². The van der Waals surface area contributed by atoms with Gasteiger partial charge in [0.2, 0.25) is 0 Å². The molecule has 20 valence electrons. The second kappa shape index (κ2) is 21.1. The third kappa shape index (κ3) is 9.16. The molecule has 0 fully saturated rings. The van der Waals surface area contributed by atoms with Crippen molar-refractivity contribution >= 4 is 0 Å². The Morgan fingerprint density at radius 1 is 1.25 bits per heavy atom. The maximum absolute atomic E-state index is 8.39. The van der Waals surface area contributed by atoms with E-state index in [9.17, 15) is 0 Å². The molecule has 0 aliphatic carbocycles. The molecule has 0 N–H and O–H groups in total. The Kier molecular flexibility index (Phi) is 49.0. The quantitative estimate of drug-likeness (QED) is 0.607. The van der Waals surface area contributed by atoms with Gasteiger partial charge in [0.1, 0.15) is 0 Å². The van der Waals surface area contributed by atoms with Crippen molar-refractivity contribution in [3.8, 4) is 0 Å². The summed E-state index contributed by atoms with van der Waals surface area (Å²) in [6.07, 6.45) is 0. The molecule has 0 heterocycles. The van der Waals surface area contributed by atoms with E-state index in [1.165, 1.54) is 0 Å². The van der Waals surface area contributed by atoms with Gasteiger partial charge in [0.15, 0.2) is 0 Å². The Bertz CT molecular complexity index is 8.00. The summed E-state index contributed by atoms with van der Waals surface area (Å²) in [5, 5.41) is 0. The molecule has 2 nitrogen and oxygen atoms in total. The fraction of sp³-hybridized carbons (Fsp3) is 0. The van der Waals surface area contributed by atoms with Crippen molar-refractivity contribution in [3.05, 3.63) is 0 Å². The van der Waals surface area contributed by atoms with E-state index in [-0.39, 0.29) is 38.9 Å². The van der Waals surface area contributed by atoms with Gasteiger partial charge in [0, 0.05) is 0 Å². The van der Waals surface area contributed by atoms with Gasteiger partial charge in [-0.3, -0.25) is 0 Å². The summed E-state index contributed by atoms with van der Waals surface area (Å²) in [7, 11) is 0. The fourth-order valence-electron chi connectivity index (χ4n) is 0. The summed E-state index contributed by atoms with van der Waals surface area (Å²) in [6, 6.07) is 0.